The smallest absolute Gasteiger partial charge is 0.352 e. The highest BCUT2D eigenvalue weighted by Gasteiger charge is 2.21. The SMILES string of the molecule is NCc1ccc(-n2nc3n(c2=O)CNc2ccccc2-3)cc1. The van der Waals surface area contributed by atoms with E-state index in [-0.39, 0.29) is 5.69 Å². The van der Waals surface area contributed by atoms with E-state index in [1.54, 1.807) is 4.57 Å². The molecule has 0 radical (unpaired) electrons. The fourth-order valence-corrected chi connectivity index (χ4v) is 2.68. The number of hydrogen-bond acceptors (Lipinski definition) is 4. The summed E-state index contributed by atoms with van der Waals surface area (Å²) in [4.78, 5) is 12.6. The van der Waals surface area contributed by atoms with E-state index in [2.05, 4.69) is 10.4 Å². The van der Waals surface area contributed by atoms with Gasteiger partial charge in [0.1, 0.15) is 0 Å². The number of nitrogens with zero attached hydrogens (tertiary/aromatic N) is 3. The van der Waals surface area contributed by atoms with Crippen LogP contribution in [-0.2, 0) is 13.2 Å². The Kier molecular flexibility index (Phi) is 2.83. The standard InChI is InChI=1S/C16H15N5O/c17-9-11-5-7-12(8-6-11)21-16(22)20-10-18-14-4-2-1-3-13(14)15(20)19-21/h1-8,18H,9-10,17H2. The number of nitrogens with one attached hydrogen (secondary N) is 1. The van der Waals surface area contributed by atoms with Crippen LogP contribution >= 0.6 is 0 Å². The first-order chi connectivity index (χ1) is 10.8. The number of para-hydroxylation sites is 1. The van der Waals surface area contributed by atoms with Crippen LogP contribution < -0.4 is 16.7 Å². The molecule has 6 nitrogen and oxygen atoms in total. The molecular formula is C16H15N5O. The largest absolute Gasteiger partial charge is 0.367 e. The lowest BCUT2D eigenvalue weighted by Gasteiger charge is -2.17. The highest BCUT2D eigenvalue weighted by atomic mass is 16.2. The second-order valence-electron chi connectivity index (χ2n) is 5.20. The van der Waals surface area contributed by atoms with Crippen molar-refractivity contribution in [1.82, 2.24) is 14.3 Å². The molecule has 6 heteroatoms. The van der Waals surface area contributed by atoms with Gasteiger partial charge in [0.25, 0.3) is 0 Å². The summed E-state index contributed by atoms with van der Waals surface area (Å²) in [5, 5.41) is 7.75. The molecule has 1 aliphatic heterocycles. The van der Waals surface area contributed by atoms with Crippen molar-refractivity contribution in [3.63, 3.8) is 0 Å². The average Bonchev–Trinajstić information content (AvgIpc) is 2.92. The normalized spacial score (nSPS) is 12.4. The van der Waals surface area contributed by atoms with Crippen molar-refractivity contribution in [2.24, 2.45) is 5.73 Å². The van der Waals surface area contributed by atoms with Gasteiger partial charge >= 0.3 is 5.69 Å². The summed E-state index contributed by atoms with van der Waals surface area (Å²) in [7, 11) is 0. The van der Waals surface area contributed by atoms with E-state index < -0.39 is 0 Å². The number of rotatable bonds is 2. The highest BCUT2D eigenvalue weighted by molar-refractivity contribution is 5.75. The maximum absolute atomic E-state index is 12.6. The monoisotopic (exact) mass is 293 g/mol. The van der Waals surface area contributed by atoms with Crippen molar-refractivity contribution in [3.05, 3.63) is 64.6 Å². The molecule has 0 saturated heterocycles. The van der Waals surface area contributed by atoms with Gasteiger partial charge in [-0.05, 0) is 29.8 Å². The van der Waals surface area contributed by atoms with Gasteiger partial charge in [-0.25, -0.2) is 4.79 Å². The summed E-state index contributed by atoms with van der Waals surface area (Å²) >= 11 is 0. The molecule has 0 fully saturated rings. The fourth-order valence-electron chi connectivity index (χ4n) is 2.68. The van der Waals surface area contributed by atoms with Crippen LogP contribution in [0.4, 0.5) is 5.69 Å². The van der Waals surface area contributed by atoms with Crippen LogP contribution in [0.15, 0.2) is 53.3 Å². The summed E-state index contributed by atoms with van der Waals surface area (Å²) in [6.45, 7) is 0.901. The minimum atomic E-state index is -0.155. The van der Waals surface area contributed by atoms with E-state index in [0.717, 1.165) is 22.5 Å². The summed E-state index contributed by atoms with van der Waals surface area (Å²) in [6, 6.07) is 15.4. The zero-order valence-corrected chi connectivity index (χ0v) is 11.9. The predicted octanol–water partition coefficient (Wildman–Crippen LogP) is 1.54. The Morgan fingerprint density at radius 3 is 2.68 bits per heavy atom. The average molecular weight is 293 g/mol. The Morgan fingerprint density at radius 1 is 1.14 bits per heavy atom. The van der Waals surface area contributed by atoms with Gasteiger partial charge < -0.3 is 11.1 Å². The second kappa shape index (κ2) is 4.85. The topological polar surface area (TPSA) is 77.9 Å². The Bertz CT molecular complexity index is 892. The molecule has 0 spiro atoms. The zero-order valence-electron chi connectivity index (χ0n) is 11.9. The van der Waals surface area contributed by atoms with E-state index in [4.69, 9.17) is 5.73 Å². The second-order valence-corrected chi connectivity index (χ2v) is 5.20. The lowest BCUT2D eigenvalue weighted by Crippen LogP contribution is -2.28. The van der Waals surface area contributed by atoms with Gasteiger partial charge in [0, 0.05) is 17.8 Å². The van der Waals surface area contributed by atoms with Crippen LogP contribution in [0.1, 0.15) is 5.56 Å². The van der Waals surface area contributed by atoms with Gasteiger partial charge in [0.15, 0.2) is 5.82 Å². The first-order valence-corrected chi connectivity index (χ1v) is 7.10. The Labute approximate surface area is 126 Å². The molecule has 0 bridgehead atoms. The first-order valence-electron chi connectivity index (χ1n) is 7.10. The third kappa shape index (κ3) is 1.85. The van der Waals surface area contributed by atoms with Gasteiger partial charge in [-0.15, -0.1) is 5.10 Å². The van der Waals surface area contributed by atoms with E-state index in [1.165, 1.54) is 4.68 Å². The van der Waals surface area contributed by atoms with Gasteiger partial charge in [0.2, 0.25) is 0 Å². The number of fused-ring (bicyclic) bond motifs is 3. The van der Waals surface area contributed by atoms with Crippen LogP contribution in [0, 0.1) is 0 Å². The minimum absolute atomic E-state index is 0.155. The molecule has 0 saturated carbocycles. The molecule has 1 aliphatic rings. The van der Waals surface area contributed by atoms with Crippen molar-refractivity contribution >= 4 is 5.69 Å². The van der Waals surface area contributed by atoms with Gasteiger partial charge in [-0.1, -0.05) is 24.3 Å². The lowest BCUT2D eigenvalue weighted by atomic mass is 10.1. The highest BCUT2D eigenvalue weighted by Crippen LogP contribution is 2.29. The van der Waals surface area contributed by atoms with E-state index in [1.807, 2.05) is 48.5 Å². The quantitative estimate of drug-likeness (QED) is 0.751. The molecule has 3 aromatic rings. The molecule has 0 aliphatic carbocycles. The molecule has 2 aromatic carbocycles. The van der Waals surface area contributed by atoms with Gasteiger partial charge in [-0.2, -0.15) is 4.68 Å². The third-order valence-electron chi connectivity index (χ3n) is 3.87. The molecule has 110 valence electrons. The third-order valence-corrected chi connectivity index (χ3v) is 3.87. The number of benzene rings is 2. The van der Waals surface area contributed by atoms with Crippen molar-refractivity contribution in [1.29, 1.82) is 0 Å². The summed E-state index contributed by atoms with van der Waals surface area (Å²) in [5.74, 6) is 0.683. The molecule has 0 amide bonds. The summed E-state index contributed by atoms with van der Waals surface area (Å²) < 4.78 is 3.07. The molecule has 0 atom stereocenters. The number of hydrogen-bond donors (Lipinski definition) is 2. The molecule has 22 heavy (non-hydrogen) atoms. The molecular weight excluding hydrogens is 278 g/mol. The Balaban J connectivity index is 1.87. The van der Waals surface area contributed by atoms with Crippen molar-refractivity contribution in [3.8, 4) is 17.1 Å². The summed E-state index contributed by atoms with van der Waals surface area (Å²) in [6.07, 6.45) is 0. The summed E-state index contributed by atoms with van der Waals surface area (Å²) in [5.41, 5.74) is 9.13. The van der Waals surface area contributed by atoms with Crippen molar-refractivity contribution < 1.29 is 0 Å². The van der Waals surface area contributed by atoms with E-state index in [0.29, 0.717) is 19.0 Å². The van der Waals surface area contributed by atoms with Crippen LogP contribution in [0.2, 0.25) is 0 Å². The minimum Gasteiger partial charge on any atom is -0.367 e. The lowest BCUT2D eigenvalue weighted by molar-refractivity contribution is 0.718. The molecule has 4 rings (SSSR count). The zero-order chi connectivity index (χ0) is 15.1. The van der Waals surface area contributed by atoms with E-state index in [9.17, 15) is 4.79 Å². The van der Waals surface area contributed by atoms with Crippen LogP contribution in [0.25, 0.3) is 17.1 Å². The van der Waals surface area contributed by atoms with Crippen LogP contribution in [0.5, 0.6) is 0 Å². The molecule has 3 N–H and O–H groups in total. The van der Waals surface area contributed by atoms with Crippen molar-refractivity contribution in [2.75, 3.05) is 5.32 Å². The maximum Gasteiger partial charge on any atom is 0.352 e. The maximum atomic E-state index is 12.6. The van der Waals surface area contributed by atoms with Crippen LogP contribution in [-0.4, -0.2) is 14.3 Å². The molecule has 2 heterocycles. The van der Waals surface area contributed by atoms with Gasteiger partial charge in [-0.3, -0.25) is 4.57 Å². The predicted molar refractivity (Wildman–Crippen MR) is 84.8 cm³/mol. The molecule has 1 aromatic heterocycles. The Hall–Kier alpha value is -2.86. The van der Waals surface area contributed by atoms with Crippen LogP contribution in [0.3, 0.4) is 0 Å². The van der Waals surface area contributed by atoms with Crippen molar-refractivity contribution in [2.45, 2.75) is 13.2 Å². The van der Waals surface area contributed by atoms with E-state index >= 15 is 0 Å². The van der Waals surface area contributed by atoms with Gasteiger partial charge in [0.05, 0.1) is 12.4 Å². The Morgan fingerprint density at radius 2 is 1.91 bits per heavy atom. The number of anilines is 1. The number of aromatic nitrogens is 3. The number of nitrogens with two attached hydrogens (primary N) is 1. The first kappa shape index (κ1) is 12.8. The fraction of sp³-hybridized carbons (Fsp3) is 0.125. The molecule has 0 unspecified atom stereocenters.